The number of quaternary nitrogens is 1. The molecule has 6 amide bonds. The fourth-order valence-electron chi connectivity index (χ4n) is 6.15. The largest absolute Gasteiger partial charge is 0.743 e. The predicted molar refractivity (Wildman–Crippen MR) is 259 cm³/mol. The zero-order valence-electron chi connectivity index (χ0n) is 43.7. The number of halogens is 7. The smallest absolute Gasteiger partial charge is 0.418 e. The first kappa shape index (κ1) is 69.9. The number of hydrogen-bond donors (Lipinski definition) is 1. The summed E-state index contributed by atoms with van der Waals surface area (Å²) in [7, 11) is -20.6. The van der Waals surface area contributed by atoms with Gasteiger partial charge in [0.1, 0.15) is 13.2 Å². The highest BCUT2D eigenvalue weighted by atomic mass is 127. The average molecular weight is 1290 g/mol. The van der Waals surface area contributed by atoms with Crippen LogP contribution in [-0.4, -0.2) is 180 Å². The van der Waals surface area contributed by atoms with Crippen LogP contribution in [0.3, 0.4) is 0 Å². The Morgan fingerprint density at radius 1 is 0.579 bits per heavy atom. The van der Waals surface area contributed by atoms with Gasteiger partial charge in [-0.15, -0.1) is 0 Å². The van der Waals surface area contributed by atoms with Gasteiger partial charge in [0.25, 0.3) is 0 Å². The summed E-state index contributed by atoms with van der Waals surface area (Å²) in [4.78, 5) is 48.1. The molecule has 0 saturated carbocycles. The predicted octanol–water partition coefficient (Wildman–Crippen LogP) is 1.71. The summed E-state index contributed by atoms with van der Waals surface area (Å²) in [5, 5.41) is -10.7. The lowest BCUT2D eigenvalue weighted by molar-refractivity contribution is -0.894. The average Bonchev–Trinajstić information content (AvgIpc) is 3.93. The number of urea groups is 2. The van der Waals surface area contributed by atoms with Crippen LogP contribution in [0.25, 0.3) is 0 Å². The molecule has 2 aliphatic heterocycles. The molecule has 0 bridgehead atoms. The normalized spacial score (nSPS) is 15.7. The van der Waals surface area contributed by atoms with E-state index >= 15 is 0 Å². The van der Waals surface area contributed by atoms with Crippen LogP contribution < -0.4 is 26.1 Å². The van der Waals surface area contributed by atoms with E-state index < -0.39 is 127 Å². The highest BCUT2D eigenvalue weighted by Crippen LogP contribution is 2.30. The maximum Gasteiger partial charge on any atom is 0.418 e. The molecule has 436 valence electrons. The fraction of sp³-hybridized carbons (Fsp3) is 0.636. The Morgan fingerprint density at radius 2 is 0.855 bits per heavy atom. The maximum absolute atomic E-state index is 13.1. The zero-order chi connectivity index (χ0) is 59.2. The molecular formula is C44H66F6IN5O16S4. The molecule has 2 unspecified atom stereocenters. The van der Waals surface area contributed by atoms with E-state index in [1.54, 1.807) is 4.90 Å². The summed E-state index contributed by atoms with van der Waals surface area (Å²) in [5.74, 6) is 0. The lowest BCUT2D eigenvalue weighted by Gasteiger charge is -2.23. The van der Waals surface area contributed by atoms with Gasteiger partial charge in [-0.25, -0.2) is 80.0 Å². The van der Waals surface area contributed by atoms with Crippen molar-refractivity contribution in [3.63, 3.8) is 0 Å². The van der Waals surface area contributed by atoms with Crippen LogP contribution >= 0.6 is 0 Å². The van der Waals surface area contributed by atoms with Crippen LogP contribution in [0.15, 0.2) is 48.5 Å². The third-order valence-electron chi connectivity index (χ3n) is 12.0. The summed E-state index contributed by atoms with van der Waals surface area (Å²) in [6.45, 7) is 18.9. The standard InChI is InChI=1S/C22H30I.2C8H11F3N2O8S2.C6H15N/c1-7-21(3,4)17-9-13-19(14-10-17)23-20-15-11-18(12-16-20)22(5,6)8-2;2*1-22(16,17)13-3-2-12(6(13)14)7(15)21-4-5(9)8(10,11)23(18,19)20;1-4-7(5-2)6-3/h9-16H,7-8H2,1-6H3;2*5H,2-4H2,1H3,(H,18,19,20);4-6H2,1-3H3/q+1;;;/p-1. The lowest BCUT2D eigenvalue weighted by Crippen LogP contribution is -3.61. The van der Waals surface area contributed by atoms with E-state index in [0.29, 0.717) is 12.5 Å². The number of sulfonamides is 2. The van der Waals surface area contributed by atoms with Gasteiger partial charge in [0.05, 0.1) is 58.3 Å². The van der Waals surface area contributed by atoms with E-state index in [2.05, 4.69) is 120 Å². The van der Waals surface area contributed by atoms with Crippen LogP contribution in [0.4, 0.5) is 45.5 Å². The van der Waals surface area contributed by atoms with Crippen molar-refractivity contribution in [2.75, 3.05) is 71.5 Å². The van der Waals surface area contributed by atoms with Gasteiger partial charge in [-0.1, -0.05) is 65.8 Å². The summed E-state index contributed by atoms with van der Waals surface area (Å²) in [6, 6.07) is 16.0. The number of nitrogens with one attached hydrogen (secondary N) is 1. The molecule has 4 rings (SSSR count). The van der Waals surface area contributed by atoms with Crippen LogP contribution in [0.2, 0.25) is 0 Å². The molecule has 2 aromatic carbocycles. The van der Waals surface area contributed by atoms with Crippen molar-refractivity contribution in [1.82, 2.24) is 18.4 Å². The molecule has 2 atom stereocenters. The quantitative estimate of drug-likeness (QED) is 0.119. The summed E-state index contributed by atoms with van der Waals surface area (Å²) in [5.41, 5.74) is 3.47. The first-order chi connectivity index (χ1) is 34.5. The minimum absolute atomic E-state index is 0.0793. The second-order valence-electron chi connectivity index (χ2n) is 18.1. The number of rotatable bonds is 19. The molecule has 0 aromatic heterocycles. The van der Waals surface area contributed by atoms with Crippen LogP contribution in [0.1, 0.15) is 86.3 Å². The van der Waals surface area contributed by atoms with E-state index in [-0.39, 0.29) is 50.4 Å². The van der Waals surface area contributed by atoms with E-state index in [0.717, 1.165) is 0 Å². The second kappa shape index (κ2) is 28.2. The summed E-state index contributed by atoms with van der Waals surface area (Å²) in [6.07, 6.45) is -6.93. The number of hydrogen-bond acceptors (Lipinski definition) is 16. The molecule has 0 spiro atoms. The Bertz CT molecular complexity index is 2560. The highest BCUT2D eigenvalue weighted by molar-refractivity contribution is 7.89. The summed E-state index contributed by atoms with van der Waals surface area (Å²) < 4.78 is 195. The molecule has 76 heavy (non-hydrogen) atoms. The molecule has 2 aliphatic rings. The van der Waals surface area contributed by atoms with Crippen LogP contribution in [0, 0.1) is 7.14 Å². The molecule has 1 N–H and O–H groups in total. The van der Waals surface area contributed by atoms with E-state index in [1.807, 2.05) is 0 Å². The first-order valence-electron chi connectivity index (χ1n) is 23.1. The second-order valence-corrected chi connectivity index (χ2v) is 27.8. The van der Waals surface area contributed by atoms with Crippen LogP contribution in [-0.2, 0) is 60.6 Å². The van der Waals surface area contributed by atoms with Crippen molar-refractivity contribution in [2.45, 2.75) is 109 Å². The number of benzene rings is 2. The molecule has 2 saturated heterocycles. The molecule has 32 heteroatoms. The van der Waals surface area contributed by atoms with Gasteiger partial charge in [-0.05, 0) is 79.8 Å². The van der Waals surface area contributed by atoms with E-state index in [9.17, 15) is 88.3 Å². The maximum atomic E-state index is 13.1. The van der Waals surface area contributed by atoms with Gasteiger partial charge in [-0.2, -0.15) is 17.6 Å². The SMILES string of the molecule is CCC(C)(C)c1ccc([I+]c2ccc(C(C)(C)CC)cc2)cc1.CC[NH+](CC)CC.CS(=O)(=O)N1CCN(C(=O)OCC(F)C(F)(F)S(=O)(=O)[O-])C1=O.CS(=O)(=O)N1CCN(C(=O)OCC(F)C(F)(F)S(=O)(=O)[O-])C1=O. The van der Waals surface area contributed by atoms with Crippen molar-refractivity contribution >= 4 is 64.5 Å². The van der Waals surface area contributed by atoms with Gasteiger partial charge < -0.3 is 23.5 Å². The minimum atomic E-state index is -6.33. The number of amides is 6. The minimum Gasteiger partial charge on any atom is -0.743 e. The molecular weight excluding hydrogens is 1220 g/mol. The monoisotopic (exact) mass is 1290 g/mol. The third-order valence-corrected chi connectivity index (χ3v) is 18.8. The molecule has 2 heterocycles. The van der Waals surface area contributed by atoms with Crippen molar-refractivity contribution < 1.29 is 124 Å². The molecule has 0 radical (unpaired) electrons. The molecule has 2 aromatic rings. The zero-order valence-corrected chi connectivity index (χ0v) is 49.1. The van der Waals surface area contributed by atoms with Crippen molar-refractivity contribution in [3.8, 4) is 0 Å². The lowest BCUT2D eigenvalue weighted by atomic mass is 9.82. The summed E-state index contributed by atoms with van der Waals surface area (Å²) >= 11 is -0.0793. The highest BCUT2D eigenvalue weighted by Gasteiger charge is 2.50. The Hall–Kier alpha value is -4.09. The van der Waals surface area contributed by atoms with Gasteiger partial charge in [0.2, 0.25) is 32.4 Å². The van der Waals surface area contributed by atoms with Crippen molar-refractivity contribution in [3.05, 3.63) is 66.8 Å². The first-order valence-corrected chi connectivity index (χ1v) is 31.7. The number of ether oxygens (including phenoxy) is 2. The van der Waals surface area contributed by atoms with Gasteiger partial charge >= 0.3 is 56.0 Å². The van der Waals surface area contributed by atoms with Gasteiger partial charge in [-0.3, -0.25) is 0 Å². The Balaban J connectivity index is 0.000000535. The number of imide groups is 2. The van der Waals surface area contributed by atoms with Crippen molar-refractivity contribution in [1.29, 1.82) is 0 Å². The molecule has 0 aliphatic carbocycles. The number of carbonyl (C=O) groups excluding carboxylic acids is 4. The third kappa shape index (κ3) is 19.7. The number of nitrogens with zero attached hydrogens (tertiary/aromatic N) is 4. The topological polar surface area (TPSA) is 287 Å². The van der Waals surface area contributed by atoms with E-state index in [1.165, 1.54) is 50.7 Å². The fourth-order valence-corrected chi connectivity index (χ4v) is 10.7. The van der Waals surface area contributed by atoms with Gasteiger partial charge in [0, 0.05) is 0 Å². The number of alkyl halides is 6. The number of carbonyl (C=O) groups is 4. The Kier molecular flexibility index (Phi) is 25.9. The molecule has 21 nitrogen and oxygen atoms in total. The molecule has 2 fully saturated rings. The Morgan fingerprint density at radius 3 is 1.05 bits per heavy atom. The van der Waals surface area contributed by atoms with Crippen molar-refractivity contribution in [2.24, 2.45) is 0 Å². The van der Waals surface area contributed by atoms with Crippen LogP contribution in [0.5, 0.6) is 0 Å². The Labute approximate surface area is 451 Å². The van der Waals surface area contributed by atoms with E-state index in [4.69, 9.17) is 0 Å². The van der Waals surface area contributed by atoms with Gasteiger partial charge in [0.15, 0.2) is 27.4 Å².